The lowest BCUT2D eigenvalue weighted by Gasteiger charge is -2.35. The maximum atomic E-state index is 10.2. The summed E-state index contributed by atoms with van der Waals surface area (Å²) in [5.41, 5.74) is 1.97. The molecule has 2 aromatic rings. The first-order valence-corrected chi connectivity index (χ1v) is 9.33. The molecule has 0 spiro atoms. The SMILES string of the molecule is Cc1cc(CN2CCN(CC(O)COCc3ccc(Cl)cc3)CC2)on1. The molecular weight excluding hydrogens is 354 g/mol. The van der Waals surface area contributed by atoms with Gasteiger partial charge in [0.15, 0.2) is 5.76 Å². The van der Waals surface area contributed by atoms with E-state index in [2.05, 4.69) is 15.0 Å². The lowest BCUT2D eigenvalue weighted by atomic mass is 10.2. The molecule has 1 atom stereocenters. The predicted octanol–water partition coefficient (Wildman–Crippen LogP) is 2.33. The Bertz CT molecular complexity index is 669. The zero-order valence-corrected chi connectivity index (χ0v) is 15.9. The van der Waals surface area contributed by atoms with E-state index in [4.69, 9.17) is 20.9 Å². The number of aliphatic hydroxyl groups excluding tert-OH is 1. The number of benzene rings is 1. The third-order valence-electron chi connectivity index (χ3n) is 4.48. The van der Waals surface area contributed by atoms with Crippen LogP contribution in [0.2, 0.25) is 5.02 Å². The van der Waals surface area contributed by atoms with Crippen LogP contribution in [0.25, 0.3) is 0 Å². The molecule has 1 aliphatic heterocycles. The minimum absolute atomic E-state index is 0.334. The highest BCUT2D eigenvalue weighted by Gasteiger charge is 2.20. The number of ether oxygens (including phenoxy) is 1. The third kappa shape index (κ3) is 6.07. The first kappa shape index (κ1) is 19.3. The molecule has 1 aliphatic rings. The van der Waals surface area contributed by atoms with Crippen LogP contribution in [-0.2, 0) is 17.9 Å². The molecule has 1 aromatic carbocycles. The fourth-order valence-corrected chi connectivity index (χ4v) is 3.21. The van der Waals surface area contributed by atoms with Gasteiger partial charge in [0, 0.05) is 43.8 Å². The number of piperazine rings is 1. The maximum Gasteiger partial charge on any atom is 0.150 e. The summed E-state index contributed by atoms with van der Waals surface area (Å²) >= 11 is 5.86. The zero-order valence-electron chi connectivity index (χ0n) is 15.1. The Labute approximate surface area is 159 Å². The lowest BCUT2D eigenvalue weighted by Crippen LogP contribution is -2.48. The number of aliphatic hydroxyl groups is 1. The molecule has 26 heavy (non-hydrogen) atoms. The number of nitrogens with zero attached hydrogens (tertiary/aromatic N) is 3. The molecule has 0 saturated carbocycles. The molecule has 2 heterocycles. The first-order chi connectivity index (χ1) is 12.6. The molecule has 6 nitrogen and oxygen atoms in total. The summed E-state index contributed by atoms with van der Waals surface area (Å²) < 4.78 is 10.9. The molecule has 1 N–H and O–H groups in total. The second-order valence-corrected chi connectivity index (χ2v) is 7.24. The third-order valence-corrected chi connectivity index (χ3v) is 4.73. The van der Waals surface area contributed by atoms with Gasteiger partial charge in [-0.15, -0.1) is 0 Å². The minimum Gasteiger partial charge on any atom is -0.389 e. The molecular formula is C19H26ClN3O3. The number of hydrogen-bond acceptors (Lipinski definition) is 6. The smallest absolute Gasteiger partial charge is 0.150 e. The number of aryl methyl sites for hydroxylation is 1. The Morgan fingerprint density at radius 2 is 1.88 bits per heavy atom. The highest BCUT2D eigenvalue weighted by molar-refractivity contribution is 6.30. The van der Waals surface area contributed by atoms with Crippen LogP contribution in [0, 0.1) is 6.92 Å². The van der Waals surface area contributed by atoms with E-state index in [1.165, 1.54) is 0 Å². The minimum atomic E-state index is -0.481. The predicted molar refractivity (Wildman–Crippen MR) is 100 cm³/mol. The standard InChI is InChI=1S/C19H26ClN3O3/c1-15-10-19(26-21-15)12-23-8-6-22(7-9-23)11-18(24)14-25-13-16-2-4-17(20)5-3-16/h2-5,10,18,24H,6-9,11-14H2,1H3. The normalized spacial score (nSPS) is 17.5. The van der Waals surface area contributed by atoms with Crippen molar-refractivity contribution in [1.82, 2.24) is 15.0 Å². The van der Waals surface area contributed by atoms with Gasteiger partial charge in [-0.05, 0) is 24.6 Å². The highest BCUT2D eigenvalue weighted by atomic mass is 35.5. The summed E-state index contributed by atoms with van der Waals surface area (Å²) in [7, 11) is 0. The summed E-state index contributed by atoms with van der Waals surface area (Å²) in [6.07, 6.45) is -0.481. The topological polar surface area (TPSA) is 62.0 Å². The molecule has 0 aliphatic carbocycles. The van der Waals surface area contributed by atoms with Crippen molar-refractivity contribution in [2.75, 3.05) is 39.3 Å². The lowest BCUT2D eigenvalue weighted by molar-refractivity contribution is 0.000375. The van der Waals surface area contributed by atoms with E-state index in [9.17, 15) is 5.11 Å². The van der Waals surface area contributed by atoms with E-state index in [1.807, 2.05) is 37.3 Å². The van der Waals surface area contributed by atoms with Crippen LogP contribution in [0.15, 0.2) is 34.9 Å². The average molecular weight is 380 g/mol. The number of hydrogen-bond donors (Lipinski definition) is 1. The van der Waals surface area contributed by atoms with E-state index in [1.54, 1.807) is 0 Å². The number of aromatic nitrogens is 1. The molecule has 0 radical (unpaired) electrons. The molecule has 1 saturated heterocycles. The summed E-state index contributed by atoms with van der Waals surface area (Å²) in [5, 5.41) is 14.8. The summed E-state index contributed by atoms with van der Waals surface area (Å²) in [6.45, 7) is 7.95. The molecule has 142 valence electrons. The summed E-state index contributed by atoms with van der Waals surface area (Å²) in [5.74, 6) is 0.909. The van der Waals surface area contributed by atoms with Gasteiger partial charge in [0.1, 0.15) is 0 Å². The van der Waals surface area contributed by atoms with Crippen molar-refractivity contribution in [2.45, 2.75) is 26.2 Å². The molecule has 0 bridgehead atoms. The van der Waals surface area contributed by atoms with Crippen molar-refractivity contribution >= 4 is 11.6 Å². The Balaban J connectivity index is 1.31. The van der Waals surface area contributed by atoms with Gasteiger partial charge >= 0.3 is 0 Å². The van der Waals surface area contributed by atoms with E-state index in [-0.39, 0.29) is 0 Å². The van der Waals surface area contributed by atoms with E-state index in [0.717, 1.165) is 49.7 Å². The van der Waals surface area contributed by atoms with Crippen LogP contribution >= 0.6 is 11.6 Å². The van der Waals surface area contributed by atoms with E-state index in [0.29, 0.717) is 24.8 Å². The quantitative estimate of drug-likeness (QED) is 0.759. The molecule has 1 fully saturated rings. The second kappa shape index (κ2) is 9.48. The van der Waals surface area contributed by atoms with Gasteiger partial charge < -0.3 is 14.4 Å². The van der Waals surface area contributed by atoms with E-state index < -0.39 is 6.10 Å². The van der Waals surface area contributed by atoms with Gasteiger partial charge in [-0.2, -0.15) is 0 Å². The van der Waals surface area contributed by atoms with Crippen molar-refractivity contribution in [2.24, 2.45) is 0 Å². The number of halogens is 1. The summed E-state index contributed by atoms with van der Waals surface area (Å²) in [4.78, 5) is 4.62. The van der Waals surface area contributed by atoms with Gasteiger partial charge in [0.25, 0.3) is 0 Å². The fourth-order valence-electron chi connectivity index (χ4n) is 3.09. The van der Waals surface area contributed by atoms with Gasteiger partial charge in [-0.1, -0.05) is 28.9 Å². The van der Waals surface area contributed by atoms with Crippen LogP contribution < -0.4 is 0 Å². The van der Waals surface area contributed by atoms with Crippen molar-refractivity contribution in [3.63, 3.8) is 0 Å². The fraction of sp³-hybridized carbons (Fsp3) is 0.526. The molecule has 3 rings (SSSR count). The second-order valence-electron chi connectivity index (χ2n) is 6.81. The number of β-amino-alcohol motifs (C(OH)–C–C–N with tert-alkyl or cyclic N) is 1. The van der Waals surface area contributed by atoms with Crippen LogP contribution in [0.3, 0.4) is 0 Å². The van der Waals surface area contributed by atoms with Crippen molar-refractivity contribution in [1.29, 1.82) is 0 Å². The monoisotopic (exact) mass is 379 g/mol. The van der Waals surface area contributed by atoms with E-state index >= 15 is 0 Å². The Morgan fingerprint density at radius 1 is 1.19 bits per heavy atom. The van der Waals surface area contributed by atoms with Crippen LogP contribution in [-0.4, -0.2) is 65.5 Å². The van der Waals surface area contributed by atoms with Gasteiger partial charge in [-0.3, -0.25) is 9.80 Å². The van der Waals surface area contributed by atoms with Crippen LogP contribution in [0.1, 0.15) is 17.0 Å². The Kier molecular flexibility index (Phi) is 7.05. The van der Waals surface area contributed by atoms with Crippen LogP contribution in [0.4, 0.5) is 0 Å². The highest BCUT2D eigenvalue weighted by Crippen LogP contribution is 2.12. The average Bonchev–Trinajstić information content (AvgIpc) is 3.03. The molecule has 0 amide bonds. The molecule has 1 aromatic heterocycles. The molecule has 7 heteroatoms. The number of rotatable bonds is 8. The molecule has 1 unspecified atom stereocenters. The summed E-state index contributed by atoms with van der Waals surface area (Å²) in [6, 6.07) is 9.54. The zero-order chi connectivity index (χ0) is 18.4. The van der Waals surface area contributed by atoms with Crippen molar-refractivity contribution < 1.29 is 14.4 Å². The van der Waals surface area contributed by atoms with Gasteiger partial charge in [-0.25, -0.2) is 0 Å². The van der Waals surface area contributed by atoms with Crippen molar-refractivity contribution in [3.8, 4) is 0 Å². The first-order valence-electron chi connectivity index (χ1n) is 8.95. The Hall–Kier alpha value is -1.44. The van der Waals surface area contributed by atoms with Gasteiger partial charge in [0.05, 0.1) is 31.6 Å². The maximum absolute atomic E-state index is 10.2. The van der Waals surface area contributed by atoms with Crippen molar-refractivity contribution in [3.05, 3.63) is 52.4 Å². The van der Waals surface area contributed by atoms with Crippen LogP contribution in [0.5, 0.6) is 0 Å². The van der Waals surface area contributed by atoms with Gasteiger partial charge in [0.2, 0.25) is 0 Å². The largest absolute Gasteiger partial charge is 0.389 e. The Morgan fingerprint density at radius 3 is 2.54 bits per heavy atom.